The Balaban J connectivity index is 2.79. The van der Waals surface area contributed by atoms with Gasteiger partial charge in [-0.05, 0) is 18.6 Å². The predicted molar refractivity (Wildman–Crippen MR) is 71.0 cm³/mol. The van der Waals surface area contributed by atoms with Gasteiger partial charge in [-0.2, -0.15) is 0 Å². The van der Waals surface area contributed by atoms with Gasteiger partial charge >= 0.3 is 5.97 Å². The van der Waals surface area contributed by atoms with Crippen LogP contribution in [0.15, 0.2) is 12.1 Å². The van der Waals surface area contributed by atoms with E-state index in [1.807, 2.05) is 0 Å². The van der Waals surface area contributed by atoms with Gasteiger partial charge in [-0.15, -0.1) is 0 Å². The van der Waals surface area contributed by atoms with Crippen LogP contribution in [0.4, 0.5) is 0 Å². The Labute approximate surface area is 113 Å². The van der Waals surface area contributed by atoms with Crippen LogP contribution >= 0.6 is 0 Å². The Hall–Kier alpha value is -1.91. The minimum Gasteiger partial charge on any atom is -0.502 e. The van der Waals surface area contributed by atoms with Crippen molar-refractivity contribution >= 4 is 5.97 Å². The van der Waals surface area contributed by atoms with Crippen molar-refractivity contribution in [3.8, 4) is 17.2 Å². The highest BCUT2D eigenvalue weighted by Gasteiger charge is 2.16. The van der Waals surface area contributed by atoms with Gasteiger partial charge in [0.05, 0.1) is 26.4 Å². The smallest absolute Gasteiger partial charge is 0.338 e. The fraction of sp³-hybridized carbons (Fsp3) is 0.500. The van der Waals surface area contributed by atoms with Crippen LogP contribution in [0.3, 0.4) is 0 Å². The van der Waals surface area contributed by atoms with Crippen LogP contribution in [0.1, 0.15) is 36.5 Å². The number of aromatic hydroxyl groups is 1. The molecule has 0 aliphatic carbocycles. The number of rotatable bonds is 7. The van der Waals surface area contributed by atoms with Crippen LogP contribution in [0.25, 0.3) is 0 Å². The molecule has 5 heteroatoms. The zero-order chi connectivity index (χ0) is 14.3. The number of carbonyl (C=O) groups is 1. The van der Waals surface area contributed by atoms with Gasteiger partial charge in [0, 0.05) is 0 Å². The first-order valence-electron chi connectivity index (χ1n) is 6.26. The first-order chi connectivity index (χ1) is 9.13. The Morgan fingerprint density at radius 1 is 1.16 bits per heavy atom. The minimum atomic E-state index is -0.451. The minimum absolute atomic E-state index is 0.132. The Morgan fingerprint density at radius 3 is 2.21 bits per heavy atom. The molecule has 0 heterocycles. The number of hydrogen-bond acceptors (Lipinski definition) is 5. The number of phenols is 1. The fourth-order valence-corrected chi connectivity index (χ4v) is 1.61. The number of phenolic OH excluding ortho intramolecular Hbond substituents is 1. The fourth-order valence-electron chi connectivity index (χ4n) is 1.61. The van der Waals surface area contributed by atoms with E-state index < -0.39 is 5.97 Å². The van der Waals surface area contributed by atoms with Gasteiger partial charge in [-0.25, -0.2) is 4.79 Å². The molecule has 0 unspecified atom stereocenters. The number of hydrogen-bond donors (Lipinski definition) is 1. The number of unbranched alkanes of at least 4 members (excludes halogenated alkanes) is 2. The number of carbonyl (C=O) groups excluding carboxylic acids is 1. The van der Waals surface area contributed by atoms with E-state index in [1.165, 1.54) is 26.4 Å². The van der Waals surface area contributed by atoms with Crippen molar-refractivity contribution in [1.29, 1.82) is 0 Å². The van der Waals surface area contributed by atoms with E-state index in [-0.39, 0.29) is 17.2 Å². The number of methoxy groups -OCH3 is 2. The highest BCUT2D eigenvalue weighted by molar-refractivity contribution is 5.91. The molecule has 0 fully saturated rings. The molecule has 0 atom stereocenters. The summed E-state index contributed by atoms with van der Waals surface area (Å²) in [4.78, 5) is 11.8. The second kappa shape index (κ2) is 7.51. The molecule has 0 aliphatic rings. The summed E-state index contributed by atoms with van der Waals surface area (Å²) in [5.74, 6) is -0.222. The predicted octanol–water partition coefficient (Wildman–Crippen LogP) is 2.76. The van der Waals surface area contributed by atoms with Crippen molar-refractivity contribution in [2.75, 3.05) is 20.8 Å². The summed E-state index contributed by atoms with van der Waals surface area (Å²) < 4.78 is 15.1. The maximum atomic E-state index is 11.8. The Kier molecular flexibility index (Phi) is 5.99. The number of esters is 1. The topological polar surface area (TPSA) is 65.0 Å². The summed E-state index contributed by atoms with van der Waals surface area (Å²) >= 11 is 0. The maximum absolute atomic E-state index is 11.8. The van der Waals surface area contributed by atoms with Gasteiger partial charge in [-0.3, -0.25) is 0 Å². The van der Waals surface area contributed by atoms with E-state index in [1.54, 1.807) is 0 Å². The molecule has 0 bridgehead atoms. The standard InChI is InChI=1S/C14H20O5/c1-4-5-6-7-19-14(16)10-8-11(17-2)13(15)12(9-10)18-3/h8-9,15H,4-7H2,1-3H3. The third kappa shape index (κ3) is 4.05. The summed E-state index contributed by atoms with van der Waals surface area (Å²) in [5, 5.41) is 9.74. The molecule has 1 rings (SSSR count). The van der Waals surface area contributed by atoms with Gasteiger partial charge < -0.3 is 19.3 Å². The normalized spacial score (nSPS) is 10.1. The third-order valence-electron chi connectivity index (χ3n) is 2.70. The SMILES string of the molecule is CCCCCOC(=O)c1cc(OC)c(O)c(OC)c1. The second-order valence-corrected chi connectivity index (χ2v) is 4.07. The summed E-state index contributed by atoms with van der Waals surface area (Å²) in [5.41, 5.74) is 0.294. The second-order valence-electron chi connectivity index (χ2n) is 4.07. The lowest BCUT2D eigenvalue weighted by Crippen LogP contribution is -2.07. The Morgan fingerprint density at radius 2 is 1.74 bits per heavy atom. The van der Waals surface area contributed by atoms with E-state index >= 15 is 0 Å². The third-order valence-corrected chi connectivity index (χ3v) is 2.70. The summed E-state index contributed by atoms with van der Waals surface area (Å²) in [6, 6.07) is 2.86. The average molecular weight is 268 g/mol. The molecule has 0 spiro atoms. The van der Waals surface area contributed by atoms with E-state index in [4.69, 9.17) is 14.2 Å². The molecule has 0 amide bonds. The largest absolute Gasteiger partial charge is 0.502 e. The van der Waals surface area contributed by atoms with Crippen molar-refractivity contribution in [2.24, 2.45) is 0 Å². The molecule has 0 radical (unpaired) electrons. The first kappa shape index (κ1) is 15.1. The van der Waals surface area contributed by atoms with E-state index in [0.29, 0.717) is 12.2 Å². The summed E-state index contributed by atoms with van der Waals surface area (Å²) in [6.45, 7) is 2.47. The quantitative estimate of drug-likeness (QED) is 0.608. The van der Waals surface area contributed by atoms with Crippen LogP contribution in [-0.4, -0.2) is 31.9 Å². The van der Waals surface area contributed by atoms with Crippen molar-refractivity contribution in [2.45, 2.75) is 26.2 Å². The zero-order valence-electron chi connectivity index (χ0n) is 11.6. The van der Waals surface area contributed by atoms with Crippen LogP contribution < -0.4 is 9.47 Å². The number of benzene rings is 1. The van der Waals surface area contributed by atoms with Gasteiger partial charge in [0.15, 0.2) is 11.5 Å². The van der Waals surface area contributed by atoms with Crippen LogP contribution in [0.5, 0.6) is 17.2 Å². The van der Waals surface area contributed by atoms with Gasteiger partial charge in [-0.1, -0.05) is 19.8 Å². The highest BCUT2D eigenvalue weighted by atomic mass is 16.5. The maximum Gasteiger partial charge on any atom is 0.338 e. The number of ether oxygens (including phenoxy) is 3. The van der Waals surface area contributed by atoms with E-state index in [2.05, 4.69) is 6.92 Å². The lowest BCUT2D eigenvalue weighted by molar-refractivity contribution is 0.0497. The molecule has 0 saturated carbocycles. The van der Waals surface area contributed by atoms with Crippen LogP contribution in [0, 0.1) is 0 Å². The molecular weight excluding hydrogens is 248 g/mol. The van der Waals surface area contributed by atoms with E-state index in [9.17, 15) is 9.90 Å². The molecule has 1 aromatic carbocycles. The molecule has 0 saturated heterocycles. The molecule has 1 N–H and O–H groups in total. The van der Waals surface area contributed by atoms with Crippen molar-refractivity contribution in [3.63, 3.8) is 0 Å². The zero-order valence-corrected chi connectivity index (χ0v) is 11.6. The van der Waals surface area contributed by atoms with Gasteiger partial charge in [0.1, 0.15) is 0 Å². The molecule has 0 aromatic heterocycles. The van der Waals surface area contributed by atoms with Crippen molar-refractivity contribution < 1.29 is 24.1 Å². The lowest BCUT2D eigenvalue weighted by Gasteiger charge is -2.11. The van der Waals surface area contributed by atoms with Crippen LogP contribution in [-0.2, 0) is 4.74 Å². The molecule has 19 heavy (non-hydrogen) atoms. The van der Waals surface area contributed by atoms with E-state index in [0.717, 1.165) is 19.3 Å². The van der Waals surface area contributed by atoms with Crippen molar-refractivity contribution in [3.05, 3.63) is 17.7 Å². The molecule has 0 aliphatic heterocycles. The molecule has 1 aromatic rings. The monoisotopic (exact) mass is 268 g/mol. The highest BCUT2D eigenvalue weighted by Crippen LogP contribution is 2.37. The van der Waals surface area contributed by atoms with Crippen LogP contribution in [0.2, 0.25) is 0 Å². The van der Waals surface area contributed by atoms with Gasteiger partial charge in [0.2, 0.25) is 5.75 Å². The average Bonchev–Trinajstić information content (AvgIpc) is 2.43. The lowest BCUT2D eigenvalue weighted by atomic mass is 10.2. The summed E-state index contributed by atoms with van der Waals surface area (Å²) in [7, 11) is 2.82. The van der Waals surface area contributed by atoms with Gasteiger partial charge in [0.25, 0.3) is 0 Å². The summed E-state index contributed by atoms with van der Waals surface area (Å²) in [6.07, 6.45) is 2.93. The Bertz CT molecular complexity index is 403. The van der Waals surface area contributed by atoms with Crippen molar-refractivity contribution in [1.82, 2.24) is 0 Å². The molecular formula is C14H20O5. The first-order valence-corrected chi connectivity index (χ1v) is 6.26. The molecule has 106 valence electrons. The molecule has 5 nitrogen and oxygen atoms in total.